The summed E-state index contributed by atoms with van der Waals surface area (Å²) in [6, 6.07) is 10.2. The normalized spacial score (nSPS) is 26.4. The summed E-state index contributed by atoms with van der Waals surface area (Å²) in [6.07, 6.45) is 2.68. The topological polar surface area (TPSA) is 50.7 Å². The first-order valence-electron chi connectivity index (χ1n) is 6.29. The van der Waals surface area contributed by atoms with E-state index in [-0.39, 0.29) is 5.91 Å². The van der Waals surface area contributed by atoms with Gasteiger partial charge in [-0.25, -0.2) is 0 Å². The molecule has 1 N–H and O–H groups in total. The zero-order chi connectivity index (χ0) is 12.6. The van der Waals surface area contributed by atoms with Crippen molar-refractivity contribution < 1.29 is 9.63 Å². The van der Waals surface area contributed by atoms with E-state index in [4.69, 9.17) is 4.84 Å². The van der Waals surface area contributed by atoms with E-state index >= 15 is 0 Å². The molecule has 94 valence electrons. The first-order valence-corrected chi connectivity index (χ1v) is 6.29. The highest BCUT2D eigenvalue weighted by molar-refractivity contribution is 6.05. The van der Waals surface area contributed by atoms with Gasteiger partial charge in [0.1, 0.15) is 0 Å². The molecule has 0 spiro atoms. The highest BCUT2D eigenvalue weighted by Crippen LogP contribution is 2.28. The third kappa shape index (κ3) is 2.10. The van der Waals surface area contributed by atoms with Crippen LogP contribution in [-0.4, -0.2) is 23.3 Å². The van der Waals surface area contributed by atoms with Crippen LogP contribution in [0.1, 0.15) is 31.7 Å². The molecule has 1 aliphatic heterocycles. The van der Waals surface area contributed by atoms with Crippen LogP contribution in [0.3, 0.4) is 0 Å². The molecular weight excluding hydrogens is 228 g/mol. The SMILES string of the molecule is CC1(C(=O)NC2CC2)CC(c2ccccc2)=NO1. The van der Waals surface area contributed by atoms with Gasteiger partial charge in [0.25, 0.3) is 5.91 Å². The second kappa shape index (κ2) is 4.12. The fourth-order valence-electron chi connectivity index (χ4n) is 2.01. The Morgan fingerprint density at radius 1 is 1.39 bits per heavy atom. The number of benzene rings is 1. The van der Waals surface area contributed by atoms with Crippen molar-refractivity contribution in [2.75, 3.05) is 0 Å². The number of carbonyl (C=O) groups is 1. The Morgan fingerprint density at radius 3 is 2.78 bits per heavy atom. The minimum absolute atomic E-state index is 0.0559. The predicted molar refractivity (Wildman–Crippen MR) is 68.3 cm³/mol. The van der Waals surface area contributed by atoms with Crippen LogP contribution in [0.4, 0.5) is 0 Å². The van der Waals surface area contributed by atoms with Crippen molar-refractivity contribution in [3.05, 3.63) is 35.9 Å². The van der Waals surface area contributed by atoms with Crippen LogP contribution in [0.5, 0.6) is 0 Å². The number of nitrogens with zero attached hydrogens (tertiary/aromatic N) is 1. The van der Waals surface area contributed by atoms with Crippen LogP contribution in [-0.2, 0) is 9.63 Å². The molecule has 4 nitrogen and oxygen atoms in total. The molecule has 3 rings (SSSR count). The predicted octanol–water partition coefficient (Wildman–Crippen LogP) is 1.85. The molecule has 1 aromatic carbocycles. The molecule has 0 radical (unpaired) electrons. The van der Waals surface area contributed by atoms with Crippen LogP contribution in [0.15, 0.2) is 35.5 Å². The van der Waals surface area contributed by atoms with Crippen LogP contribution >= 0.6 is 0 Å². The summed E-state index contributed by atoms with van der Waals surface area (Å²) >= 11 is 0. The van der Waals surface area contributed by atoms with Gasteiger partial charge in [-0.3, -0.25) is 4.79 Å². The van der Waals surface area contributed by atoms with Crippen molar-refractivity contribution >= 4 is 11.6 Å². The van der Waals surface area contributed by atoms with Gasteiger partial charge in [-0.1, -0.05) is 35.5 Å². The highest BCUT2D eigenvalue weighted by Gasteiger charge is 2.43. The molecule has 4 heteroatoms. The summed E-state index contributed by atoms with van der Waals surface area (Å²) in [4.78, 5) is 17.5. The van der Waals surface area contributed by atoms with Gasteiger partial charge in [0.05, 0.1) is 5.71 Å². The molecule has 1 saturated carbocycles. The van der Waals surface area contributed by atoms with Crippen LogP contribution in [0.25, 0.3) is 0 Å². The van der Waals surface area contributed by atoms with Crippen molar-refractivity contribution in [1.82, 2.24) is 5.32 Å². The Hall–Kier alpha value is -1.84. The summed E-state index contributed by atoms with van der Waals surface area (Å²) in [5, 5.41) is 7.03. The monoisotopic (exact) mass is 244 g/mol. The van der Waals surface area contributed by atoms with E-state index < -0.39 is 5.60 Å². The third-order valence-corrected chi connectivity index (χ3v) is 3.36. The summed E-state index contributed by atoms with van der Waals surface area (Å²) < 4.78 is 0. The van der Waals surface area contributed by atoms with Crippen LogP contribution in [0.2, 0.25) is 0 Å². The van der Waals surface area contributed by atoms with Gasteiger partial charge >= 0.3 is 0 Å². The number of hydrogen-bond acceptors (Lipinski definition) is 3. The lowest BCUT2D eigenvalue weighted by Crippen LogP contribution is -2.45. The lowest BCUT2D eigenvalue weighted by molar-refractivity contribution is -0.141. The van der Waals surface area contributed by atoms with Gasteiger partial charge in [-0.15, -0.1) is 0 Å². The van der Waals surface area contributed by atoms with Gasteiger partial charge in [-0.2, -0.15) is 0 Å². The fourth-order valence-corrected chi connectivity index (χ4v) is 2.01. The second-order valence-electron chi connectivity index (χ2n) is 5.15. The third-order valence-electron chi connectivity index (χ3n) is 3.36. The summed E-state index contributed by atoms with van der Waals surface area (Å²) in [5.74, 6) is -0.0559. The zero-order valence-corrected chi connectivity index (χ0v) is 10.3. The van der Waals surface area contributed by atoms with Crippen molar-refractivity contribution in [3.63, 3.8) is 0 Å². The van der Waals surface area contributed by atoms with Gasteiger partial charge in [0.15, 0.2) is 0 Å². The molecule has 2 aliphatic rings. The van der Waals surface area contributed by atoms with E-state index in [1.165, 1.54) is 0 Å². The Balaban J connectivity index is 1.70. The second-order valence-corrected chi connectivity index (χ2v) is 5.15. The summed E-state index contributed by atoms with van der Waals surface area (Å²) in [5.41, 5.74) is 0.998. The van der Waals surface area contributed by atoms with E-state index in [0.29, 0.717) is 12.5 Å². The van der Waals surface area contributed by atoms with Crippen molar-refractivity contribution in [2.45, 2.75) is 37.8 Å². The number of carbonyl (C=O) groups excluding carboxylic acids is 1. The lowest BCUT2D eigenvalue weighted by Gasteiger charge is -2.20. The lowest BCUT2D eigenvalue weighted by atomic mass is 9.95. The van der Waals surface area contributed by atoms with Gasteiger partial charge in [-0.05, 0) is 25.3 Å². The highest BCUT2D eigenvalue weighted by atomic mass is 16.7. The van der Waals surface area contributed by atoms with E-state index in [0.717, 1.165) is 24.1 Å². The molecule has 1 unspecified atom stereocenters. The molecule has 1 fully saturated rings. The number of hydrogen-bond donors (Lipinski definition) is 1. The van der Waals surface area contributed by atoms with Gasteiger partial charge in [0, 0.05) is 12.5 Å². The molecule has 1 heterocycles. The number of nitrogens with one attached hydrogen (secondary N) is 1. The molecule has 1 amide bonds. The summed E-state index contributed by atoms with van der Waals surface area (Å²) in [7, 11) is 0. The Bertz CT molecular complexity index is 494. The van der Waals surface area contributed by atoms with Gasteiger partial charge in [0.2, 0.25) is 5.60 Å². The number of rotatable bonds is 3. The zero-order valence-electron chi connectivity index (χ0n) is 10.3. The maximum Gasteiger partial charge on any atom is 0.267 e. The van der Waals surface area contributed by atoms with E-state index in [1.54, 1.807) is 6.92 Å². The van der Waals surface area contributed by atoms with Crippen LogP contribution in [0, 0.1) is 0 Å². The molecule has 1 atom stereocenters. The molecule has 1 aliphatic carbocycles. The van der Waals surface area contributed by atoms with Crippen molar-refractivity contribution in [2.24, 2.45) is 5.16 Å². The Kier molecular flexibility index (Phi) is 2.58. The van der Waals surface area contributed by atoms with E-state index in [9.17, 15) is 4.79 Å². The quantitative estimate of drug-likeness (QED) is 0.882. The van der Waals surface area contributed by atoms with Crippen molar-refractivity contribution in [1.29, 1.82) is 0 Å². The summed E-state index contributed by atoms with van der Waals surface area (Å²) in [6.45, 7) is 1.80. The minimum atomic E-state index is -0.853. The maximum absolute atomic E-state index is 12.1. The smallest absolute Gasteiger partial charge is 0.267 e. The molecular formula is C14H16N2O2. The minimum Gasteiger partial charge on any atom is -0.379 e. The maximum atomic E-state index is 12.1. The molecule has 18 heavy (non-hydrogen) atoms. The largest absolute Gasteiger partial charge is 0.379 e. The van der Waals surface area contributed by atoms with Crippen LogP contribution < -0.4 is 5.32 Å². The Labute approximate surface area is 106 Å². The average molecular weight is 244 g/mol. The first-order chi connectivity index (χ1) is 8.67. The number of amides is 1. The average Bonchev–Trinajstić information content (AvgIpc) is 3.11. The van der Waals surface area contributed by atoms with E-state index in [1.807, 2.05) is 30.3 Å². The molecule has 0 aromatic heterocycles. The van der Waals surface area contributed by atoms with Crippen molar-refractivity contribution in [3.8, 4) is 0 Å². The number of oxime groups is 1. The Morgan fingerprint density at radius 2 is 2.11 bits per heavy atom. The standard InChI is InChI=1S/C14H16N2O2/c1-14(13(17)15-11-7-8-11)9-12(16-18-14)10-5-3-2-4-6-10/h2-6,11H,7-9H2,1H3,(H,15,17). The molecule has 1 aromatic rings. The van der Waals surface area contributed by atoms with E-state index in [2.05, 4.69) is 10.5 Å². The fraction of sp³-hybridized carbons (Fsp3) is 0.429. The first kappa shape index (κ1) is 11.3. The molecule has 0 bridgehead atoms. The molecule has 0 saturated heterocycles. The van der Waals surface area contributed by atoms with Gasteiger partial charge < -0.3 is 10.2 Å².